The topological polar surface area (TPSA) is 42.0 Å². The largest absolute Gasteiger partial charge is 0.382 e. The maximum absolute atomic E-state index is 11.8. The molecular weight excluding hydrogens is 220 g/mol. The molecule has 1 heterocycles. The molecule has 1 aliphatic heterocycles. The first-order valence-electron chi connectivity index (χ1n) is 6.23. The summed E-state index contributed by atoms with van der Waals surface area (Å²) in [6, 6.07) is 0.560. The summed E-state index contributed by atoms with van der Waals surface area (Å²) in [4.78, 5) is 16.0. The Morgan fingerprint density at radius 1 is 1.18 bits per heavy atom. The van der Waals surface area contributed by atoms with Crippen LogP contribution >= 0.6 is 0 Å². The van der Waals surface area contributed by atoms with Crippen molar-refractivity contribution in [2.45, 2.75) is 19.9 Å². The zero-order chi connectivity index (χ0) is 12.7. The van der Waals surface area contributed by atoms with E-state index in [1.165, 1.54) is 0 Å². The molecule has 0 unspecified atom stereocenters. The van der Waals surface area contributed by atoms with Crippen molar-refractivity contribution in [3.05, 3.63) is 0 Å². The molecule has 0 aromatic carbocycles. The van der Waals surface area contributed by atoms with Crippen molar-refractivity contribution in [2.75, 3.05) is 53.1 Å². The standard InChI is InChI=1S/C12H24N2O3/c1-11(2)13-4-6-14(7-5-13)12(15)10-17-9-8-16-3/h11H,4-10H2,1-3H3. The van der Waals surface area contributed by atoms with E-state index >= 15 is 0 Å². The Balaban J connectivity index is 2.17. The lowest BCUT2D eigenvalue weighted by molar-refractivity contribution is -0.138. The summed E-state index contributed by atoms with van der Waals surface area (Å²) in [5, 5.41) is 0. The molecule has 1 amide bonds. The van der Waals surface area contributed by atoms with Gasteiger partial charge in [-0.15, -0.1) is 0 Å². The van der Waals surface area contributed by atoms with Crippen LogP contribution in [0.5, 0.6) is 0 Å². The first kappa shape index (κ1) is 14.4. The van der Waals surface area contributed by atoms with Gasteiger partial charge in [0, 0.05) is 39.3 Å². The molecule has 0 atom stereocenters. The van der Waals surface area contributed by atoms with Crippen LogP contribution in [0.4, 0.5) is 0 Å². The van der Waals surface area contributed by atoms with Crippen LogP contribution in [-0.2, 0) is 14.3 Å². The average Bonchev–Trinajstić information content (AvgIpc) is 2.34. The summed E-state index contributed by atoms with van der Waals surface area (Å²) in [6.45, 7) is 9.10. The Morgan fingerprint density at radius 2 is 1.82 bits per heavy atom. The Morgan fingerprint density at radius 3 is 2.35 bits per heavy atom. The van der Waals surface area contributed by atoms with Gasteiger partial charge in [-0.3, -0.25) is 9.69 Å². The van der Waals surface area contributed by atoms with E-state index in [1.807, 2.05) is 4.90 Å². The Kier molecular flexibility index (Phi) is 6.47. The SMILES string of the molecule is COCCOCC(=O)N1CCN(C(C)C)CC1. The van der Waals surface area contributed by atoms with Gasteiger partial charge >= 0.3 is 0 Å². The third kappa shape index (κ3) is 5.02. The molecule has 0 spiro atoms. The molecule has 0 aliphatic carbocycles. The van der Waals surface area contributed by atoms with Crippen molar-refractivity contribution < 1.29 is 14.3 Å². The van der Waals surface area contributed by atoms with Crippen LogP contribution in [0.15, 0.2) is 0 Å². The molecule has 0 aromatic heterocycles. The molecule has 1 aliphatic rings. The van der Waals surface area contributed by atoms with Crippen LogP contribution in [0.2, 0.25) is 0 Å². The smallest absolute Gasteiger partial charge is 0.248 e. The number of rotatable bonds is 6. The molecule has 1 fully saturated rings. The minimum Gasteiger partial charge on any atom is -0.382 e. The molecule has 0 bridgehead atoms. The maximum Gasteiger partial charge on any atom is 0.248 e. The summed E-state index contributed by atoms with van der Waals surface area (Å²) in [7, 11) is 1.62. The van der Waals surface area contributed by atoms with E-state index in [9.17, 15) is 4.79 Å². The van der Waals surface area contributed by atoms with Crippen molar-refractivity contribution in [3.8, 4) is 0 Å². The maximum atomic E-state index is 11.8. The number of piperazine rings is 1. The van der Waals surface area contributed by atoms with Crippen molar-refractivity contribution in [2.24, 2.45) is 0 Å². The second-order valence-electron chi connectivity index (χ2n) is 4.56. The zero-order valence-corrected chi connectivity index (χ0v) is 11.1. The number of carbonyl (C=O) groups excluding carboxylic acids is 1. The third-order valence-electron chi connectivity index (χ3n) is 3.05. The highest BCUT2D eigenvalue weighted by molar-refractivity contribution is 5.77. The van der Waals surface area contributed by atoms with E-state index in [4.69, 9.17) is 9.47 Å². The van der Waals surface area contributed by atoms with Crippen LogP contribution in [0.3, 0.4) is 0 Å². The summed E-state index contributed by atoms with van der Waals surface area (Å²) in [5.74, 6) is 0.0875. The van der Waals surface area contributed by atoms with Crippen LogP contribution < -0.4 is 0 Å². The highest BCUT2D eigenvalue weighted by atomic mass is 16.5. The van der Waals surface area contributed by atoms with Crippen LogP contribution in [0.1, 0.15) is 13.8 Å². The molecule has 0 N–H and O–H groups in total. The van der Waals surface area contributed by atoms with E-state index < -0.39 is 0 Å². The fraction of sp³-hybridized carbons (Fsp3) is 0.917. The highest BCUT2D eigenvalue weighted by Crippen LogP contribution is 2.05. The molecule has 0 aromatic rings. The molecule has 17 heavy (non-hydrogen) atoms. The first-order valence-corrected chi connectivity index (χ1v) is 6.23. The number of ether oxygens (including phenoxy) is 2. The second-order valence-corrected chi connectivity index (χ2v) is 4.56. The van der Waals surface area contributed by atoms with Gasteiger partial charge in [0.25, 0.3) is 0 Å². The lowest BCUT2D eigenvalue weighted by atomic mass is 10.2. The van der Waals surface area contributed by atoms with Gasteiger partial charge < -0.3 is 14.4 Å². The Bertz CT molecular complexity index is 226. The lowest BCUT2D eigenvalue weighted by Crippen LogP contribution is -2.51. The monoisotopic (exact) mass is 244 g/mol. The molecule has 1 rings (SSSR count). The minimum absolute atomic E-state index is 0.0875. The van der Waals surface area contributed by atoms with Gasteiger partial charge in [-0.25, -0.2) is 0 Å². The van der Waals surface area contributed by atoms with Gasteiger partial charge in [0.1, 0.15) is 6.61 Å². The Hall–Kier alpha value is -0.650. The molecule has 5 nitrogen and oxygen atoms in total. The number of nitrogens with zero attached hydrogens (tertiary/aromatic N) is 2. The first-order chi connectivity index (χ1) is 8.15. The summed E-state index contributed by atoms with van der Waals surface area (Å²) >= 11 is 0. The highest BCUT2D eigenvalue weighted by Gasteiger charge is 2.22. The van der Waals surface area contributed by atoms with Gasteiger partial charge in [-0.05, 0) is 13.8 Å². The molecule has 100 valence electrons. The van der Waals surface area contributed by atoms with Crippen molar-refractivity contribution in [1.82, 2.24) is 9.80 Å². The van der Waals surface area contributed by atoms with E-state index in [0.29, 0.717) is 19.3 Å². The second kappa shape index (κ2) is 7.63. The fourth-order valence-electron chi connectivity index (χ4n) is 1.88. The van der Waals surface area contributed by atoms with Gasteiger partial charge in [0.05, 0.1) is 13.2 Å². The van der Waals surface area contributed by atoms with Crippen molar-refractivity contribution in [1.29, 1.82) is 0 Å². The summed E-state index contributed by atoms with van der Waals surface area (Å²) < 4.78 is 10.1. The van der Waals surface area contributed by atoms with Crippen molar-refractivity contribution >= 4 is 5.91 Å². The lowest BCUT2D eigenvalue weighted by Gasteiger charge is -2.36. The predicted octanol–water partition coefficient (Wildman–Crippen LogP) is 0.202. The van der Waals surface area contributed by atoms with E-state index in [1.54, 1.807) is 7.11 Å². The van der Waals surface area contributed by atoms with Crippen molar-refractivity contribution in [3.63, 3.8) is 0 Å². The molecule has 0 saturated carbocycles. The number of carbonyl (C=O) groups is 1. The number of amides is 1. The molecule has 0 radical (unpaired) electrons. The number of hydrogen-bond donors (Lipinski definition) is 0. The third-order valence-corrected chi connectivity index (χ3v) is 3.05. The van der Waals surface area contributed by atoms with E-state index in [2.05, 4.69) is 18.7 Å². The fourth-order valence-corrected chi connectivity index (χ4v) is 1.88. The summed E-state index contributed by atoms with van der Waals surface area (Å²) in [6.07, 6.45) is 0. The van der Waals surface area contributed by atoms with Crippen LogP contribution in [0, 0.1) is 0 Å². The van der Waals surface area contributed by atoms with Gasteiger partial charge in [-0.2, -0.15) is 0 Å². The average molecular weight is 244 g/mol. The quantitative estimate of drug-likeness (QED) is 0.626. The number of methoxy groups -OCH3 is 1. The Labute approximate surface area is 104 Å². The minimum atomic E-state index is 0.0875. The van der Waals surface area contributed by atoms with Gasteiger partial charge in [-0.1, -0.05) is 0 Å². The normalized spacial score (nSPS) is 17.8. The van der Waals surface area contributed by atoms with E-state index in [0.717, 1.165) is 26.2 Å². The molecular formula is C12H24N2O3. The van der Waals surface area contributed by atoms with Gasteiger partial charge in [0.15, 0.2) is 0 Å². The van der Waals surface area contributed by atoms with Gasteiger partial charge in [0.2, 0.25) is 5.91 Å². The number of hydrogen-bond acceptors (Lipinski definition) is 4. The predicted molar refractivity (Wildman–Crippen MR) is 66.0 cm³/mol. The van der Waals surface area contributed by atoms with Crippen LogP contribution in [0.25, 0.3) is 0 Å². The van der Waals surface area contributed by atoms with E-state index in [-0.39, 0.29) is 12.5 Å². The zero-order valence-electron chi connectivity index (χ0n) is 11.1. The van der Waals surface area contributed by atoms with Crippen LogP contribution in [-0.4, -0.2) is 74.9 Å². The summed E-state index contributed by atoms with van der Waals surface area (Å²) in [5.41, 5.74) is 0. The molecule has 1 saturated heterocycles. The molecule has 5 heteroatoms.